The lowest BCUT2D eigenvalue weighted by atomic mass is 9.82. The summed E-state index contributed by atoms with van der Waals surface area (Å²) in [5, 5.41) is 9.35. The summed E-state index contributed by atoms with van der Waals surface area (Å²) in [6, 6.07) is 5.79. The fourth-order valence-corrected chi connectivity index (χ4v) is 2.17. The molecule has 1 aromatic carbocycles. The maximum Gasteiger partial charge on any atom is 0.115 e. The summed E-state index contributed by atoms with van der Waals surface area (Å²) in [4.78, 5) is 0. The van der Waals surface area contributed by atoms with Crippen molar-refractivity contribution in [3.8, 4) is 5.75 Å². The van der Waals surface area contributed by atoms with Gasteiger partial charge in [0.05, 0.1) is 0 Å². The predicted molar refractivity (Wildman–Crippen MR) is 53.9 cm³/mol. The molecule has 0 amide bonds. The summed E-state index contributed by atoms with van der Waals surface area (Å²) in [6.07, 6.45) is 4.91. The van der Waals surface area contributed by atoms with E-state index in [0.29, 0.717) is 5.75 Å². The molecule has 0 fully saturated rings. The normalized spacial score (nSPS) is 21.2. The zero-order valence-corrected chi connectivity index (χ0v) is 8.09. The highest BCUT2D eigenvalue weighted by molar-refractivity contribution is 5.36. The average molecular weight is 176 g/mol. The first-order valence-electron chi connectivity index (χ1n) is 5.10. The van der Waals surface area contributed by atoms with Gasteiger partial charge in [-0.05, 0) is 48.4 Å². The Morgan fingerprint density at radius 2 is 2.23 bits per heavy atom. The number of rotatable bonds is 1. The zero-order chi connectivity index (χ0) is 9.26. The fourth-order valence-electron chi connectivity index (χ4n) is 2.17. The first kappa shape index (κ1) is 8.61. The Hall–Kier alpha value is -0.980. The molecule has 0 bridgehead atoms. The summed E-state index contributed by atoms with van der Waals surface area (Å²) < 4.78 is 0. The van der Waals surface area contributed by atoms with E-state index < -0.39 is 0 Å². The quantitative estimate of drug-likeness (QED) is 0.697. The number of hydrogen-bond acceptors (Lipinski definition) is 1. The van der Waals surface area contributed by atoms with Crippen molar-refractivity contribution in [2.24, 2.45) is 5.92 Å². The Kier molecular flexibility index (Phi) is 2.26. The van der Waals surface area contributed by atoms with Crippen molar-refractivity contribution in [1.29, 1.82) is 0 Å². The molecule has 1 N–H and O–H groups in total. The molecule has 1 heteroatoms. The number of hydrogen-bond donors (Lipinski definition) is 1. The van der Waals surface area contributed by atoms with Crippen LogP contribution in [0.3, 0.4) is 0 Å². The van der Waals surface area contributed by atoms with Crippen molar-refractivity contribution in [2.75, 3.05) is 0 Å². The molecule has 1 aliphatic carbocycles. The van der Waals surface area contributed by atoms with E-state index in [1.54, 1.807) is 6.07 Å². The van der Waals surface area contributed by atoms with E-state index in [9.17, 15) is 5.11 Å². The van der Waals surface area contributed by atoms with Gasteiger partial charge in [-0.2, -0.15) is 0 Å². The van der Waals surface area contributed by atoms with Gasteiger partial charge in [0.15, 0.2) is 0 Å². The lowest BCUT2D eigenvalue weighted by Gasteiger charge is -2.23. The zero-order valence-electron chi connectivity index (χ0n) is 8.09. The monoisotopic (exact) mass is 176 g/mol. The average Bonchev–Trinajstić information content (AvgIpc) is 2.16. The Labute approximate surface area is 79.4 Å². The summed E-state index contributed by atoms with van der Waals surface area (Å²) in [5.74, 6) is 1.24. The molecule has 1 aromatic rings. The van der Waals surface area contributed by atoms with Crippen LogP contribution in [0.15, 0.2) is 18.2 Å². The molecule has 0 saturated carbocycles. The molecule has 70 valence electrons. The third-order valence-electron chi connectivity index (χ3n) is 3.10. The molecule has 13 heavy (non-hydrogen) atoms. The van der Waals surface area contributed by atoms with Crippen LogP contribution in [0.4, 0.5) is 0 Å². The lowest BCUT2D eigenvalue weighted by Crippen LogP contribution is -2.12. The van der Waals surface area contributed by atoms with Gasteiger partial charge in [-0.3, -0.25) is 0 Å². The van der Waals surface area contributed by atoms with Gasteiger partial charge in [-0.25, -0.2) is 0 Å². The van der Waals surface area contributed by atoms with Gasteiger partial charge in [0.1, 0.15) is 5.75 Å². The van der Waals surface area contributed by atoms with Crippen molar-refractivity contribution >= 4 is 0 Å². The van der Waals surface area contributed by atoms with E-state index in [1.807, 2.05) is 6.07 Å². The highest BCUT2D eigenvalue weighted by Crippen LogP contribution is 2.29. The van der Waals surface area contributed by atoms with Gasteiger partial charge in [-0.15, -0.1) is 0 Å². The van der Waals surface area contributed by atoms with E-state index >= 15 is 0 Å². The van der Waals surface area contributed by atoms with E-state index in [2.05, 4.69) is 13.0 Å². The van der Waals surface area contributed by atoms with Gasteiger partial charge < -0.3 is 5.11 Å². The summed E-state index contributed by atoms with van der Waals surface area (Å²) in [5.41, 5.74) is 2.79. The second-order valence-electron chi connectivity index (χ2n) is 3.97. The van der Waals surface area contributed by atoms with Crippen LogP contribution in [0.1, 0.15) is 30.9 Å². The molecule has 0 saturated heterocycles. The maximum atomic E-state index is 9.35. The molecule has 1 atom stereocenters. The third-order valence-corrected chi connectivity index (χ3v) is 3.10. The van der Waals surface area contributed by atoms with Crippen molar-refractivity contribution in [3.05, 3.63) is 29.3 Å². The van der Waals surface area contributed by atoms with Gasteiger partial charge in [-0.1, -0.05) is 19.4 Å². The number of aryl methyl sites for hydroxylation is 1. The van der Waals surface area contributed by atoms with Crippen molar-refractivity contribution in [2.45, 2.75) is 32.6 Å². The molecule has 1 nitrogen and oxygen atoms in total. The molecular weight excluding hydrogens is 160 g/mol. The van der Waals surface area contributed by atoms with Crippen LogP contribution < -0.4 is 0 Å². The van der Waals surface area contributed by atoms with Crippen LogP contribution in [-0.4, -0.2) is 5.11 Å². The first-order chi connectivity index (χ1) is 6.29. The van der Waals surface area contributed by atoms with Crippen LogP contribution in [0.2, 0.25) is 0 Å². The SMILES string of the molecule is CCC1CCc2ccc(O)cc2C1. The van der Waals surface area contributed by atoms with Gasteiger partial charge in [0.2, 0.25) is 0 Å². The standard InChI is InChI=1S/C12H16O/c1-2-9-3-4-10-5-6-12(13)8-11(10)7-9/h5-6,8-9,13H,2-4,7H2,1H3. The maximum absolute atomic E-state index is 9.35. The molecule has 0 heterocycles. The van der Waals surface area contributed by atoms with Crippen LogP contribution in [-0.2, 0) is 12.8 Å². The number of fused-ring (bicyclic) bond motifs is 1. The Morgan fingerprint density at radius 3 is 3.00 bits per heavy atom. The second kappa shape index (κ2) is 3.41. The Balaban J connectivity index is 2.27. The van der Waals surface area contributed by atoms with Gasteiger partial charge in [0, 0.05) is 0 Å². The fraction of sp³-hybridized carbons (Fsp3) is 0.500. The Bertz CT molecular complexity index is 304. The predicted octanol–water partition coefficient (Wildman–Crippen LogP) is 2.91. The first-order valence-corrected chi connectivity index (χ1v) is 5.10. The van der Waals surface area contributed by atoms with Crippen molar-refractivity contribution < 1.29 is 5.11 Å². The van der Waals surface area contributed by atoms with E-state index in [-0.39, 0.29) is 0 Å². The highest BCUT2D eigenvalue weighted by atomic mass is 16.3. The smallest absolute Gasteiger partial charge is 0.115 e. The van der Waals surface area contributed by atoms with Crippen molar-refractivity contribution in [1.82, 2.24) is 0 Å². The van der Waals surface area contributed by atoms with Gasteiger partial charge in [0.25, 0.3) is 0 Å². The van der Waals surface area contributed by atoms with E-state index in [0.717, 1.165) is 12.3 Å². The Morgan fingerprint density at radius 1 is 1.38 bits per heavy atom. The minimum atomic E-state index is 0.413. The minimum Gasteiger partial charge on any atom is -0.508 e. The van der Waals surface area contributed by atoms with Crippen LogP contribution >= 0.6 is 0 Å². The molecular formula is C12H16O. The van der Waals surface area contributed by atoms with E-state index in [1.165, 1.54) is 30.4 Å². The molecule has 0 aliphatic heterocycles. The molecule has 1 unspecified atom stereocenters. The van der Waals surface area contributed by atoms with Crippen LogP contribution in [0, 0.1) is 5.92 Å². The summed E-state index contributed by atoms with van der Waals surface area (Å²) >= 11 is 0. The number of phenolic OH excluding ortho intramolecular Hbond substituents is 1. The topological polar surface area (TPSA) is 20.2 Å². The van der Waals surface area contributed by atoms with Crippen LogP contribution in [0.5, 0.6) is 5.75 Å². The highest BCUT2D eigenvalue weighted by Gasteiger charge is 2.16. The molecule has 0 spiro atoms. The third kappa shape index (κ3) is 1.69. The van der Waals surface area contributed by atoms with E-state index in [4.69, 9.17) is 0 Å². The molecule has 0 aromatic heterocycles. The lowest BCUT2D eigenvalue weighted by molar-refractivity contribution is 0.438. The summed E-state index contributed by atoms with van der Waals surface area (Å²) in [6.45, 7) is 2.25. The minimum absolute atomic E-state index is 0.413. The van der Waals surface area contributed by atoms with Crippen LogP contribution in [0.25, 0.3) is 0 Å². The largest absolute Gasteiger partial charge is 0.508 e. The molecule has 0 radical (unpaired) electrons. The number of aromatic hydroxyl groups is 1. The number of phenols is 1. The molecule has 1 aliphatic rings. The second-order valence-corrected chi connectivity index (χ2v) is 3.97. The molecule has 2 rings (SSSR count). The summed E-state index contributed by atoms with van der Waals surface area (Å²) in [7, 11) is 0. The number of benzene rings is 1. The van der Waals surface area contributed by atoms with Crippen molar-refractivity contribution in [3.63, 3.8) is 0 Å². The van der Waals surface area contributed by atoms with Gasteiger partial charge >= 0.3 is 0 Å².